The van der Waals surface area contributed by atoms with E-state index in [9.17, 15) is 18.8 Å². The SMILES string of the molecule is CCOC(=O)N1CCN(C(=O)COCC(=O)N2CCN(c3ccccc3F)CC2)CC1. The van der Waals surface area contributed by atoms with Gasteiger partial charge in [0.25, 0.3) is 0 Å². The van der Waals surface area contributed by atoms with E-state index >= 15 is 0 Å². The van der Waals surface area contributed by atoms with Gasteiger partial charge in [-0.25, -0.2) is 9.18 Å². The largest absolute Gasteiger partial charge is 0.450 e. The molecule has 10 heteroatoms. The third-order valence-corrected chi connectivity index (χ3v) is 5.43. The van der Waals surface area contributed by atoms with Gasteiger partial charge in [-0.1, -0.05) is 12.1 Å². The summed E-state index contributed by atoms with van der Waals surface area (Å²) in [6.07, 6.45) is -0.369. The van der Waals surface area contributed by atoms with E-state index in [0.29, 0.717) is 64.7 Å². The molecule has 2 aliphatic rings. The molecule has 3 rings (SSSR count). The van der Waals surface area contributed by atoms with Crippen LogP contribution in [0.15, 0.2) is 24.3 Å². The van der Waals surface area contributed by atoms with Crippen molar-refractivity contribution < 1.29 is 28.2 Å². The van der Waals surface area contributed by atoms with Crippen LogP contribution < -0.4 is 4.90 Å². The average molecular weight is 436 g/mol. The summed E-state index contributed by atoms with van der Waals surface area (Å²) in [7, 11) is 0. The first kappa shape index (κ1) is 22.8. The zero-order valence-corrected chi connectivity index (χ0v) is 17.8. The minimum absolute atomic E-state index is 0.172. The third-order valence-electron chi connectivity index (χ3n) is 5.43. The summed E-state index contributed by atoms with van der Waals surface area (Å²) < 4.78 is 24.2. The number of hydrogen-bond acceptors (Lipinski definition) is 6. The van der Waals surface area contributed by atoms with Crippen molar-refractivity contribution in [2.45, 2.75) is 6.92 Å². The lowest BCUT2D eigenvalue weighted by molar-refractivity contribution is -0.143. The third kappa shape index (κ3) is 6.06. The van der Waals surface area contributed by atoms with Crippen molar-refractivity contribution in [2.24, 2.45) is 0 Å². The van der Waals surface area contributed by atoms with Gasteiger partial charge in [-0.3, -0.25) is 9.59 Å². The van der Waals surface area contributed by atoms with E-state index < -0.39 is 0 Å². The highest BCUT2D eigenvalue weighted by molar-refractivity contribution is 5.80. The Hall–Kier alpha value is -2.88. The summed E-state index contributed by atoms with van der Waals surface area (Å²) in [5.74, 6) is -0.666. The molecule has 3 amide bonds. The van der Waals surface area contributed by atoms with Gasteiger partial charge >= 0.3 is 6.09 Å². The van der Waals surface area contributed by atoms with Gasteiger partial charge in [-0.15, -0.1) is 0 Å². The van der Waals surface area contributed by atoms with E-state index in [1.54, 1.807) is 39.8 Å². The number of ether oxygens (including phenoxy) is 2. The fourth-order valence-electron chi connectivity index (χ4n) is 3.67. The molecule has 1 aromatic carbocycles. The van der Waals surface area contributed by atoms with Crippen LogP contribution in [0.1, 0.15) is 6.92 Å². The van der Waals surface area contributed by atoms with E-state index in [2.05, 4.69) is 0 Å². The molecular weight excluding hydrogens is 407 g/mol. The summed E-state index contributed by atoms with van der Waals surface area (Å²) >= 11 is 0. The standard InChI is InChI=1S/C21H29FN4O5/c1-2-31-21(29)26-13-11-25(12-14-26)20(28)16-30-15-19(27)24-9-7-23(8-10-24)18-6-4-3-5-17(18)22/h3-6H,2,7-16H2,1H3. The summed E-state index contributed by atoms with van der Waals surface area (Å²) in [5.41, 5.74) is 0.541. The van der Waals surface area contributed by atoms with Crippen molar-refractivity contribution in [2.75, 3.05) is 77.1 Å². The average Bonchev–Trinajstić information content (AvgIpc) is 2.79. The molecular formula is C21H29FN4O5. The molecule has 0 radical (unpaired) electrons. The number of halogens is 1. The minimum atomic E-state index is -0.369. The van der Waals surface area contributed by atoms with Crippen molar-refractivity contribution in [3.63, 3.8) is 0 Å². The van der Waals surface area contributed by atoms with Crippen molar-refractivity contribution in [3.8, 4) is 0 Å². The fourth-order valence-corrected chi connectivity index (χ4v) is 3.67. The molecule has 2 fully saturated rings. The summed E-state index contributed by atoms with van der Waals surface area (Å²) in [5, 5.41) is 0. The molecule has 0 atom stereocenters. The van der Waals surface area contributed by atoms with Crippen molar-refractivity contribution >= 4 is 23.6 Å². The van der Waals surface area contributed by atoms with E-state index in [-0.39, 0.29) is 36.9 Å². The number of carbonyl (C=O) groups is 3. The van der Waals surface area contributed by atoms with Crippen LogP contribution >= 0.6 is 0 Å². The molecule has 0 N–H and O–H groups in total. The van der Waals surface area contributed by atoms with E-state index in [1.807, 2.05) is 4.90 Å². The predicted molar refractivity (Wildman–Crippen MR) is 111 cm³/mol. The Morgan fingerprint density at radius 2 is 1.35 bits per heavy atom. The normalized spacial score (nSPS) is 17.0. The van der Waals surface area contributed by atoms with Gasteiger partial charge in [0.1, 0.15) is 19.0 Å². The molecule has 0 unspecified atom stereocenters. The van der Waals surface area contributed by atoms with Gasteiger partial charge in [0, 0.05) is 52.4 Å². The molecule has 2 heterocycles. The highest BCUT2D eigenvalue weighted by Crippen LogP contribution is 2.20. The summed E-state index contributed by atoms with van der Waals surface area (Å²) in [6.45, 7) is 5.38. The fraction of sp³-hybridized carbons (Fsp3) is 0.571. The van der Waals surface area contributed by atoms with E-state index in [1.165, 1.54) is 6.07 Å². The number of benzene rings is 1. The zero-order valence-electron chi connectivity index (χ0n) is 17.8. The first-order valence-corrected chi connectivity index (χ1v) is 10.5. The van der Waals surface area contributed by atoms with Crippen LogP contribution in [-0.4, -0.2) is 105 Å². The maximum absolute atomic E-state index is 13.9. The maximum Gasteiger partial charge on any atom is 0.409 e. The van der Waals surface area contributed by atoms with Gasteiger partial charge in [-0.05, 0) is 19.1 Å². The summed E-state index contributed by atoms with van der Waals surface area (Å²) in [6, 6.07) is 6.59. The number of anilines is 1. The molecule has 0 bridgehead atoms. The Balaban J connectivity index is 1.34. The van der Waals surface area contributed by atoms with E-state index in [0.717, 1.165) is 0 Å². The molecule has 0 aliphatic carbocycles. The van der Waals surface area contributed by atoms with Gasteiger partial charge < -0.3 is 29.1 Å². The number of piperazine rings is 2. The quantitative estimate of drug-likeness (QED) is 0.656. The molecule has 31 heavy (non-hydrogen) atoms. The van der Waals surface area contributed by atoms with Gasteiger partial charge in [0.05, 0.1) is 12.3 Å². The molecule has 0 aromatic heterocycles. The van der Waals surface area contributed by atoms with Crippen molar-refractivity contribution in [1.29, 1.82) is 0 Å². The molecule has 1 aromatic rings. The lowest BCUT2D eigenvalue weighted by Gasteiger charge is -2.36. The highest BCUT2D eigenvalue weighted by atomic mass is 19.1. The predicted octanol–water partition coefficient (Wildman–Crippen LogP) is 0.792. The van der Waals surface area contributed by atoms with E-state index in [4.69, 9.17) is 9.47 Å². The monoisotopic (exact) mass is 436 g/mol. The lowest BCUT2D eigenvalue weighted by atomic mass is 10.2. The van der Waals surface area contributed by atoms with Gasteiger partial charge in [-0.2, -0.15) is 0 Å². The van der Waals surface area contributed by atoms with Crippen LogP contribution in [0.4, 0.5) is 14.9 Å². The Morgan fingerprint density at radius 1 is 0.839 bits per heavy atom. The van der Waals surface area contributed by atoms with Crippen LogP contribution in [0, 0.1) is 5.82 Å². The zero-order chi connectivity index (χ0) is 22.2. The van der Waals surface area contributed by atoms with Gasteiger partial charge in [0.2, 0.25) is 11.8 Å². The van der Waals surface area contributed by atoms with Crippen LogP contribution in [0.3, 0.4) is 0 Å². The maximum atomic E-state index is 13.9. The molecule has 170 valence electrons. The molecule has 2 saturated heterocycles. The van der Waals surface area contributed by atoms with Crippen LogP contribution in [0.5, 0.6) is 0 Å². The van der Waals surface area contributed by atoms with Gasteiger partial charge in [0.15, 0.2) is 0 Å². The number of para-hydroxylation sites is 1. The first-order chi connectivity index (χ1) is 15.0. The second-order valence-corrected chi connectivity index (χ2v) is 7.38. The Kier molecular flexibility index (Phi) is 8.05. The Bertz CT molecular complexity index is 777. The lowest BCUT2D eigenvalue weighted by Crippen LogP contribution is -2.52. The number of nitrogens with zero attached hydrogens (tertiary/aromatic N) is 4. The number of carbonyl (C=O) groups excluding carboxylic acids is 3. The Labute approximate surface area is 181 Å². The smallest absolute Gasteiger partial charge is 0.409 e. The van der Waals surface area contributed by atoms with Crippen LogP contribution in [0.25, 0.3) is 0 Å². The molecule has 9 nitrogen and oxygen atoms in total. The first-order valence-electron chi connectivity index (χ1n) is 10.5. The molecule has 2 aliphatic heterocycles. The highest BCUT2D eigenvalue weighted by Gasteiger charge is 2.26. The molecule has 0 spiro atoms. The summed E-state index contributed by atoms with van der Waals surface area (Å²) in [4.78, 5) is 43.1. The van der Waals surface area contributed by atoms with Crippen molar-refractivity contribution in [1.82, 2.24) is 14.7 Å². The van der Waals surface area contributed by atoms with Crippen LogP contribution in [0.2, 0.25) is 0 Å². The number of hydrogen-bond donors (Lipinski definition) is 0. The minimum Gasteiger partial charge on any atom is -0.450 e. The second-order valence-electron chi connectivity index (χ2n) is 7.38. The number of rotatable bonds is 6. The van der Waals surface area contributed by atoms with Crippen molar-refractivity contribution in [3.05, 3.63) is 30.1 Å². The van der Waals surface area contributed by atoms with Crippen LogP contribution in [-0.2, 0) is 19.1 Å². The second kappa shape index (κ2) is 10.9. The topological polar surface area (TPSA) is 82.6 Å². The Morgan fingerprint density at radius 3 is 1.90 bits per heavy atom. The number of amides is 3. The molecule has 0 saturated carbocycles.